The monoisotopic (exact) mass is 260 g/mol. The Hall–Kier alpha value is -1.59. The number of fused-ring (bicyclic) bond motifs is 1. The molecule has 2 aliphatic rings. The van der Waals surface area contributed by atoms with Crippen LogP contribution in [0.5, 0.6) is 0 Å². The van der Waals surface area contributed by atoms with E-state index in [-0.39, 0.29) is 5.91 Å². The molecule has 3 N–H and O–H groups in total. The van der Waals surface area contributed by atoms with Crippen molar-refractivity contribution in [3.8, 4) is 0 Å². The van der Waals surface area contributed by atoms with Gasteiger partial charge in [0.15, 0.2) is 0 Å². The van der Waals surface area contributed by atoms with E-state index in [4.69, 9.17) is 5.73 Å². The molecule has 0 bridgehead atoms. The molecule has 0 aliphatic carbocycles. The summed E-state index contributed by atoms with van der Waals surface area (Å²) in [6.07, 6.45) is 0.476. The molecule has 2 heterocycles. The van der Waals surface area contributed by atoms with Gasteiger partial charge in [0.1, 0.15) is 0 Å². The number of piperazine rings is 1. The Morgan fingerprint density at radius 2 is 2.32 bits per heavy atom. The molecule has 1 aromatic carbocycles. The molecule has 1 aromatic rings. The van der Waals surface area contributed by atoms with Gasteiger partial charge in [-0.3, -0.25) is 9.69 Å². The minimum atomic E-state index is 0.180. The van der Waals surface area contributed by atoms with Crippen molar-refractivity contribution in [3.05, 3.63) is 23.8 Å². The van der Waals surface area contributed by atoms with Crippen LogP contribution in [-0.4, -0.2) is 50.1 Å². The second-order valence-corrected chi connectivity index (χ2v) is 5.41. The number of benzene rings is 1. The van der Waals surface area contributed by atoms with Crippen LogP contribution in [0, 0.1) is 0 Å². The summed E-state index contributed by atoms with van der Waals surface area (Å²) in [4.78, 5) is 16.4. The Morgan fingerprint density at radius 1 is 1.47 bits per heavy atom. The van der Waals surface area contributed by atoms with E-state index in [1.54, 1.807) is 0 Å². The van der Waals surface area contributed by atoms with Crippen LogP contribution in [0.2, 0.25) is 0 Å². The molecule has 0 spiro atoms. The van der Waals surface area contributed by atoms with Gasteiger partial charge >= 0.3 is 0 Å². The largest absolute Gasteiger partial charge is 0.399 e. The smallest absolute Gasteiger partial charge is 0.231 e. The molecule has 19 heavy (non-hydrogen) atoms. The Bertz CT molecular complexity index is 502. The van der Waals surface area contributed by atoms with Crippen molar-refractivity contribution in [2.75, 3.05) is 43.9 Å². The van der Waals surface area contributed by atoms with Crippen molar-refractivity contribution in [1.82, 2.24) is 10.2 Å². The lowest BCUT2D eigenvalue weighted by molar-refractivity contribution is -0.117. The number of hydrogen-bond acceptors (Lipinski definition) is 4. The van der Waals surface area contributed by atoms with E-state index < -0.39 is 0 Å². The van der Waals surface area contributed by atoms with E-state index in [0.717, 1.165) is 43.1 Å². The number of carbonyl (C=O) groups excluding carboxylic acids is 1. The first-order valence-electron chi connectivity index (χ1n) is 6.75. The molecule has 1 unspecified atom stereocenters. The van der Waals surface area contributed by atoms with Gasteiger partial charge in [-0.2, -0.15) is 0 Å². The van der Waals surface area contributed by atoms with Crippen LogP contribution in [0.3, 0.4) is 0 Å². The number of likely N-dealkylation sites (N-methyl/N-ethyl adjacent to an activating group) is 1. The lowest BCUT2D eigenvalue weighted by Crippen LogP contribution is -2.54. The van der Waals surface area contributed by atoms with Crippen molar-refractivity contribution in [2.45, 2.75) is 12.5 Å². The van der Waals surface area contributed by atoms with E-state index in [2.05, 4.69) is 17.3 Å². The lowest BCUT2D eigenvalue weighted by atomic mass is 10.1. The molecule has 5 heteroatoms. The molecule has 1 atom stereocenters. The third kappa shape index (κ3) is 2.31. The first-order valence-corrected chi connectivity index (χ1v) is 6.75. The van der Waals surface area contributed by atoms with Gasteiger partial charge in [0, 0.05) is 43.6 Å². The molecule has 2 aliphatic heterocycles. The fourth-order valence-electron chi connectivity index (χ4n) is 2.88. The number of anilines is 2. The van der Waals surface area contributed by atoms with Crippen LogP contribution in [0.25, 0.3) is 0 Å². The third-order valence-electron chi connectivity index (χ3n) is 4.07. The van der Waals surface area contributed by atoms with E-state index in [1.807, 2.05) is 23.1 Å². The molecule has 3 rings (SSSR count). The molecule has 0 aromatic heterocycles. The van der Waals surface area contributed by atoms with E-state index in [1.165, 1.54) is 0 Å². The van der Waals surface area contributed by atoms with Crippen LogP contribution in [-0.2, 0) is 11.2 Å². The minimum absolute atomic E-state index is 0.180. The van der Waals surface area contributed by atoms with Crippen molar-refractivity contribution in [3.63, 3.8) is 0 Å². The second-order valence-electron chi connectivity index (χ2n) is 5.41. The van der Waals surface area contributed by atoms with Crippen molar-refractivity contribution >= 4 is 17.3 Å². The summed E-state index contributed by atoms with van der Waals surface area (Å²) in [5, 5.41) is 3.39. The maximum atomic E-state index is 12.2. The highest BCUT2D eigenvalue weighted by atomic mass is 16.2. The number of rotatable bonds is 2. The standard InChI is InChI=1S/C14H20N4O/c1-17-5-4-16-8-12(17)9-18-13-3-2-11(15)6-10(13)7-14(18)19/h2-3,6,12,16H,4-5,7-9,15H2,1H3. The maximum absolute atomic E-state index is 12.2. The van der Waals surface area contributed by atoms with Crippen molar-refractivity contribution in [1.29, 1.82) is 0 Å². The minimum Gasteiger partial charge on any atom is -0.399 e. The van der Waals surface area contributed by atoms with Gasteiger partial charge in [0.25, 0.3) is 0 Å². The van der Waals surface area contributed by atoms with Crippen LogP contribution in [0.15, 0.2) is 18.2 Å². The number of nitrogens with one attached hydrogen (secondary N) is 1. The van der Waals surface area contributed by atoms with Crippen LogP contribution >= 0.6 is 0 Å². The van der Waals surface area contributed by atoms with E-state index in [9.17, 15) is 4.79 Å². The average molecular weight is 260 g/mol. The molecule has 1 fully saturated rings. The Balaban J connectivity index is 1.80. The third-order valence-corrected chi connectivity index (χ3v) is 4.07. The van der Waals surface area contributed by atoms with Crippen molar-refractivity contribution < 1.29 is 4.79 Å². The highest BCUT2D eigenvalue weighted by Crippen LogP contribution is 2.30. The molecular formula is C14H20N4O. The summed E-state index contributed by atoms with van der Waals surface area (Å²) >= 11 is 0. The van der Waals surface area contributed by atoms with E-state index in [0.29, 0.717) is 12.5 Å². The second kappa shape index (κ2) is 4.83. The quantitative estimate of drug-likeness (QED) is 0.738. The fraction of sp³-hybridized carbons (Fsp3) is 0.500. The van der Waals surface area contributed by atoms with Gasteiger partial charge in [-0.1, -0.05) is 0 Å². The summed E-state index contributed by atoms with van der Waals surface area (Å²) in [5.74, 6) is 0.180. The highest BCUT2D eigenvalue weighted by molar-refractivity contribution is 6.01. The van der Waals surface area contributed by atoms with Gasteiger partial charge in [0.05, 0.1) is 6.42 Å². The zero-order valence-electron chi connectivity index (χ0n) is 11.2. The molecule has 102 valence electrons. The van der Waals surface area contributed by atoms with Gasteiger partial charge in [-0.05, 0) is 30.8 Å². The van der Waals surface area contributed by atoms with Crippen LogP contribution in [0.1, 0.15) is 5.56 Å². The number of carbonyl (C=O) groups is 1. The zero-order valence-corrected chi connectivity index (χ0v) is 11.2. The molecule has 0 saturated carbocycles. The first kappa shape index (κ1) is 12.4. The topological polar surface area (TPSA) is 61.6 Å². The predicted molar refractivity (Wildman–Crippen MR) is 76.2 cm³/mol. The maximum Gasteiger partial charge on any atom is 0.231 e. The number of nitrogens with two attached hydrogens (primary N) is 1. The zero-order chi connectivity index (χ0) is 13.4. The number of hydrogen-bond donors (Lipinski definition) is 2. The van der Waals surface area contributed by atoms with Gasteiger partial charge in [-0.15, -0.1) is 0 Å². The Kier molecular flexibility index (Phi) is 3.16. The molecule has 1 amide bonds. The molecule has 1 saturated heterocycles. The van der Waals surface area contributed by atoms with Crippen molar-refractivity contribution in [2.24, 2.45) is 0 Å². The number of nitrogens with zero attached hydrogens (tertiary/aromatic N) is 2. The summed E-state index contributed by atoms with van der Waals surface area (Å²) in [6.45, 7) is 3.74. The average Bonchev–Trinajstić information content (AvgIpc) is 2.68. The Morgan fingerprint density at radius 3 is 3.11 bits per heavy atom. The summed E-state index contributed by atoms with van der Waals surface area (Å²) in [5.41, 5.74) is 8.59. The summed E-state index contributed by atoms with van der Waals surface area (Å²) in [6, 6.07) is 6.12. The summed E-state index contributed by atoms with van der Waals surface area (Å²) < 4.78 is 0. The highest BCUT2D eigenvalue weighted by Gasteiger charge is 2.31. The normalized spacial score (nSPS) is 23.7. The van der Waals surface area contributed by atoms with Gasteiger partial charge < -0.3 is 16.0 Å². The van der Waals surface area contributed by atoms with Crippen LogP contribution < -0.4 is 16.0 Å². The molecular weight excluding hydrogens is 240 g/mol. The van der Waals surface area contributed by atoms with Crippen LogP contribution in [0.4, 0.5) is 11.4 Å². The Labute approximate surface area is 113 Å². The molecule has 0 radical (unpaired) electrons. The lowest BCUT2D eigenvalue weighted by Gasteiger charge is -2.35. The SMILES string of the molecule is CN1CCNCC1CN1C(=O)Cc2cc(N)ccc21. The first-order chi connectivity index (χ1) is 9.15. The summed E-state index contributed by atoms with van der Waals surface area (Å²) in [7, 11) is 2.12. The van der Waals surface area contributed by atoms with Gasteiger partial charge in [-0.25, -0.2) is 0 Å². The predicted octanol–water partition coefficient (Wildman–Crippen LogP) is 0.0615. The number of nitrogen functional groups attached to an aromatic ring is 1. The number of amides is 1. The van der Waals surface area contributed by atoms with E-state index >= 15 is 0 Å². The van der Waals surface area contributed by atoms with Gasteiger partial charge in [0.2, 0.25) is 5.91 Å². The molecule has 5 nitrogen and oxygen atoms in total. The fourth-order valence-corrected chi connectivity index (χ4v) is 2.88.